The van der Waals surface area contributed by atoms with Crippen molar-refractivity contribution in [3.8, 4) is 11.3 Å². The van der Waals surface area contributed by atoms with Crippen LogP contribution in [0.5, 0.6) is 0 Å². The molecule has 0 bridgehead atoms. The minimum Gasteiger partial charge on any atom is -0.381 e. The van der Waals surface area contributed by atoms with Crippen LogP contribution >= 0.6 is 0 Å². The third-order valence-electron chi connectivity index (χ3n) is 4.37. The highest BCUT2D eigenvalue weighted by Crippen LogP contribution is 2.22. The van der Waals surface area contributed by atoms with E-state index >= 15 is 0 Å². The number of rotatable bonds is 5. The van der Waals surface area contributed by atoms with Crippen molar-refractivity contribution in [2.45, 2.75) is 32.4 Å². The first-order chi connectivity index (χ1) is 10.3. The smallest absolute Gasteiger partial charge is 0.0695 e. The van der Waals surface area contributed by atoms with E-state index in [2.05, 4.69) is 46.7 Å². The van der Waals surface area contributed by atoms with Gasteiger partial charge in [-0.25, -0.2) is 0 Å². The largest absolute Gasteiger partial charge is 0.381 e. The van der Waals surface area contributed by atoms with Crippen molar-refractivity contribution in [1.82, 2.24) is 15.5 Å². The molecule has 21 heavy (non-hydrogen) atoms. The summed E-state index contributed by atoms with van der Waals surface area (Å²) in [4.78, 5) is 0. The number of hydrogen-bond acceptors (Lipinski definition) is 3. The van der Waals surface area contributed by atoms with Gasteiger partial charge in [0.2, 0.25) is 0 Å². The maximum absolute atomic E-state index is 5.43. The molecule has 3 rings (SSSR count). The Kier molecular flexibility index (Phi) is 4.68. The van der Waals surface area contributed by atoms with E-state index < -0.39 is 0 Å². The summed E-state index contributed by atoms with van der Waals surface area (Å²) < 4.78 is 5.43. The molecule has 0 saturated carbocycles. The summed E-state index contributed by atoms with van der Waals surface area (Å²) in [5.41, 5.74) is 3.52. The van der Waals surface area contributed by atoms with Gasteiger partial charge in [0.25, 0.3) is 0 Å². The van der Waals surface area contributed by atoms with Crippen LogP contribution in [0.3, 0.4) is 0 Å². The van der Waals surface area contributed by atoms with Gasteiger partial charge in [-0.15, -0.1) is 0 Å². The second-order valence-electron chi connectivity index (χ2n) is 5.76. The lowest BCUT2D eigenvalue weighted by atomic mass is 9.93. The first-order valence-corrected chi connectivity index (χ1v) is 7.73. The summed E-state index contributed by atoms with van der Waals surface area (Å²) in [5.74, 6) is 0.714. The third-order valence-corrected chi connectivity index (χ3v) is 4.37. The fourth-order valence-corrected chi connectivity index (χ4v) is 2.95. The average molecular weight is 285 g/mol. The van der Waals surface area contributed by atoms with Crippen LogP contribution in [0.4, 0.5) is 0 Å². The molecule has 1 aliphatic rings. The average Bonchev–Trinajstić information content (AvgIpc) is 3.03. The topological polar surface area (TPSA) is 49.9 Å². The van der Waals surface area contributed by atoms with Crippen LogP contribution in [-0.2, 0) is 11.3 Å². The SMILES string of the molecule is CC(NCc1cn[nH]c1-c1ccccc1)C1CCOCC1. The maximum atomic E-state index is 5.43. The Labute approximate surface area is 125 Å². The van der Waals surface area contributed by atoms with Crippen molar-refractivity contribution in [2.24, 2.45) is 5.92 Å². The van der Waals surface area contributed by atoms with E-state index in [9.17, 15) is 0 Å². The van der Waals surface area contributed by atoms with Gasteiger partial charge in [-0.3, -0.25) is 5.10 Å². The van der Waals surface area contributed by atoms with E-state index in [1.165, 1.54) is 11.1 Å². The molecule has 112 valence electrons. The van der Waals surface area contributed by atoms with Crippen LogP contribution in [-0.4, -0.2) is 29.5 Å². The van der Waals surface area contributed by atoms with Gasteiger partial charge in [0, 0.05) is 31.4 Å². The molecule has 2 heterocycles. The Morgan fingerprint density at radius 2 is 2.05 bits per heavy atom. The summed E-state index contributed by atoms with van der Waals surface area (Å²) in [6, 6.07) is 10.9. The van der Waals surface area contributed by atoms with Gasteiger partial charge >= 0.3 is 0 Å². The number of hydrogen-bond donors (Lipinski definition) is 2. The number of nitrogens with one attached hydrogen (secondary N) is 2. The number of aromatic nitrogens is 2. The van der Waals surface area contributed by atoms with Crippen molar-refractivity contribution in [3.63, 3.8) is 0 Å². The molecular formula is C17H23N3O. The molecule has 0 aliphatic carbocycles. The molecule has 1 aliphatic heterocycles. The fourth-order valence-electron chi connectivity index (χ4n) is 2.95. The van der Waals surface area contributed by atoms with Crippen molar-refractivity contribution in [2.75, 3.05) is 13.2 Å². The zero-order valence-electron chi connectivity index (χ0n) is 12.5. The van der Waals surface area contributed by atoms with Crippen molar-refractivity contribution in [1.29, 1.82) is 0 Å². The van der Waals surface area contributed by atoms with Gasteiger partial charge in [0.1, 0.15) is 0 Å². The second kappa shape index (κ2) is 6.87. The van der Waals surface area contributed by atoms with E-state index in [4.69, 9.17) is 4.74 Å². The van der Waals surface area contributed by atoms with Crippen LogP contribution < -0.4 is 5.32 Å². The minimum absolute atomic E-state index is 0.507. The van der Waals surface area contributed by atoms with E-state index in [1.54, 1.807) is 0 Å². The zero-order chi connectivity index (χ0) is 14.5. The minimum atomic E-state index is 0.507. The predicted octanol–water partition coefficient (Wildman–Crippen LogP) is 2.98. The molecule has 1 aromatic carbocycles. The highest BCUT2D eigenvalue weighted by Gasteiger charge is 2.20. The molecule has 1 saturated heterocycles. The molecule has 0 radical (unpaired) electrons. The third kappa shape index (κ3) is 3.52. The fraction of sp³-hybridized carbons (Fsp3) is 0.471. The first-order valence-electron chi connectivity index (χ1n) is 7.73. The summed E-state index contributed by atoms with van der Waals surface area (Å²) in [5, 5.41) is 11.0. The Morgan fingerprint density at radius 3 is 2.81 bits per heavy atom. The molecule has 4 heteroatoms. The molecule has 0 amide bonds. The van der Waals surface area contributed by atoms with Crippen LogP contribution in [0, 0.1) is 5.92 Å². The highest BCUT2D eigenvalue weighted by molar-refractivity contribution is 5.62. The van der Waals surface area contributed by atoms with E-state index in [-0.39, 0.29) is 0 Å². The molecule has 1 aromatic heterocycles. The van der Waals surface area contributed by atoms with E-state index in [0.717, 1.165) is 38.3 Å². The lowest BCUT2D eigenvalue weighted by Gasteiger charge is -2.28. The normalized spacial score (nSPS) is 17.8. The van der Waals surface area contributed by atoms with Gasteiger partial charge in [-0.1, -0.05) is 30.3 Å². The van der Waals surface area contributed by atoms with Gasteiger partial charge < -0.3 is 10.1 Å². The van der Waals surface area contributed by atoms with Crippen molar-refractivity contribution >= 4 is 0 Å². The lowest BCUT2D eigenvalue weighted by molar-refractivity contribution is 0.0558. The number of H-pyrrole nitrogens is 1. The van der Waals surface area contributed by atoms with Gasteiger partial charge in [-0.2, -0.15) is 5.10 Å². The highest BCUT2D eigenvalue weighted by atomic mass is 16.5. The van der Waals surface area contributed by atoms with Crippen LogP contribution in [0.2, 0.25) is 0 Å². The van der Waals surface area contributed by atoms with Gasteiger partial charge in [0.15, 0.2) is 0 Å². The van der Waals surface area contributed by atoms with Crippen LogP contribution in [0.1, 0.15) is 25.3 Å². The van der Waals surface area contributed by atoms with Gasteiger partial charge in [-0.05, 0) is 31.2 Å². The van der Waals surface area contributed by atoms with E-state index in [0.29, 0.717) is 12.0 Å². The molecular weight excluding hydrogens is 262 g/mol. The van der Waals surface area contributed by atoms with Gasteiger partial charge in [0.05, 0.1) is 11.9 Å². The maximum Gasteiger partial charge on any atom is 0.0695 e. The number of aromatic amines is 1. The lowest BCUT2D eigenvalue weighted by Crippen LogP contribution is -2.36. The zero-order valence-corrected chi connectivity index (χ0v) is 12.5. The first kappa shape index (κ1) is 14.3. The number of ether oxygens (including phenoxy) is 1. The Balaban J connectivity index is 1.62. The molecule has 4 nitrogen and oxygen atoms in total. The Morgan fingerprint density at radius 1 is 1.29 bits per heavy atom. The van der Waals surface area contributed by atoms with Crippen molar-refractivity contribution < 1.29 is 4.74 Å². The van der Waals surface area contributed by atoms with E-state index in [1.807, 2.05) is 12.3 Å². The molecule has 1 atom stereocenters. The summed E-state index contributed by atoms with van der Waals surface area (Å²) in [6.07, 6.45) is 4.24. The number of nitrogens with zero attached hydrogens (tertiary/aromatic N) is 1. The Hall–Kier alpha value is -1.65. The molecule has 1 unspecified atom stereocenters. The quantitative estimate of drug-likeness (QED) is 0.888. The summed E-state index contributed by atoms with van der Waals surface area (Å²) in [6.45, 7) is 4.92. The number of benzene rings is 1. The molecule has 1 fully saturated rings. The summed E-state index contributed by atoms with van der Waals surface area (Å²) >= 11 is 0. The molecule has 0 spiro atoms. The predicted molar refractivity (Wildman–Crippen MR) is 83.9 cm³/mol. The van der Waals surface area contributed by atoms with Crippen LogP contribution in [0.25, 0.3) is 11.3 Å². The monoisotopic (exact) mass is 285 g/mol. The van der Waals surface area contributed by atoms with Crippen LogP contribution in [0.15, 0.2) is 36.5 Å². The summed E-state index contributed by atoms with van der Waals surface area (Å²) in [7, 11) is 0. The second-order valence-corrected chi connectivity index (χ2v) is 5.76. The molecule has 2 N–H and O–H groups in total. The Bertz CT molecular complexity index is 546. The standard InChI is InChI=1S/C17H23N3O/c1-13(14-7-9-21-10-8-14)18-11-16-12-19-20-17(16)15-5-3-2-4-6-15/h2-6,12-14,18H,7-11H2,1H3,(H,19,20). The molecule has 2 aromatic rings. The van der Waals surface area contributed by atoms with Crippen molar-refractivity contribution in [3.05, 3.63) is 42.1 Å².